The Labute approximate surface area is 132 Å². The lowest BCUT2D eigenvalue weighted by molar-refractivity contribution is -0.110. The number of benzene rings is 2. The van der Waals surface area contributed by atoms with Crippen LogP contribution in [-0.2, 0) is 4.79 Å². The summed E-state index contributed by atoms with van der Waals surface area (Å²) < 4.78 is 0. The van der Waals surface area contributed by atoms with Crippen molar-refractivity contribution in [3.63, 3.8) is 0 Å². The van der Waals surface area contributed by atoms with E-state index in [0.29, 0.717) is 21.4 Å². The van der Waals surface area contributed by atoms with Crippen LogP contribution >= 0.6 is 23.2 Å². The molecule has 0 saturated heterocycles. The van der Waals surface area contributed by atoms with E-state index >= 15 is 0 Å². The fourth-order valence-electron chi connectivity index (χ4n) is 2.23. The zero-order valence-corrected chi connectivity index (χ0v) is 13.0. The Balaban J connectivity index is 2.12. The second-order valence-corrected chi connectivity index (χ2v) is 5.76. The van der Waals surface area contributed by atoms with Crippen LogP contribution in [0.3, 0.4) is 0 Å². The molecule has 5 heteroatoms. The van der Waals surface area contributed by atoms with Crippen LogP contribution in [0.15, 0.2) is 35.3 Å². The first-order valence-corrected chi connectivity index (χ1v) is 7.18. The van der Waals surface area contributed by atoms with Gasteiger partial charge in [-0.05, 0) is 49.2 Å². The third-order valence-corrected chi connectivity index (χ3v) is 4.32. The number of anilines is 1. The smallest absolute Gasteiger partial charge is 0.275 e. The quantitative estimate of drug-likeness (QED) is 0.814. The number of aliphatic imine (C=N–C) groups is 1. The van der Waals surface area contributed by atoms with Crippen molar-refractivity contribution >= 4 is 46.2 Å². The predicted octanol–water partition coefficient (Wildman–Crippen LogP) is 4.68. The number of aryl methyl sites for hydroxylation is 1. The number of carbonyl (C=O) groups is 1. The molecule has 2 aromatic carbocycles. The van der Waals surface area contributed by atoms with Gasteiger partial charge in [-0.25, -0.2) is 4.99 Å². The van der Waals surface area contributed by atoms with Crippen molar-refractivity contribution in [3.8, 4) is 0 Å². The summed E-state index contributed by atoms with van der Waals surface area (Å²) in [5, 5.41) is 4.06. The van der Waals surface area contributed by atoms with Gasteiger partial charge < -0.3 is 5.32 Å². The van der Waals surface area contributed by atoms with Crippen molar-refractivity contribution in [3.05, 3.63) is 57.1 Å². The maximum Gasteiger partial charge on any atom is 0.275 e. The highest BCUT2D eigenvalue weighted by atomic mass is 35.5. The lowest BCUT2D eigenvalue weighted by Crippen LogP contribution is -2.13. The topological polar surface area (TPSA) is 41.5 Å². The molecule has 106 valence electrons. The van der Waals surface area contributed by atoms with Gasteiger partial charge in [0.2, 0.25) is 0 Å². The molecule has 0 aromatic heterocycles. The van der Waals surface area contributed by atoms with Crippen LogP contribution in [0.1, 0.15) is 16.7 Å². The van der Waals surface area contributed by atoms with Gasteiger partial charge in [0.1, 0.15) is 5.71 Å². The first kappa shape index (κ1) is 14.1. The number of hydrogen-bond donors (Lipinski definition) is 1. The van der Waals surface area contributed by atoms with Gasteiger partial charge in [-0.15, -0.1) is 0 Å². The molecule has 3 rings (SSSR count). The standard InChI is InChI=1S/C16H12Cl2N2O/c1-8-3-4-10(7-13(8)18)19-15-11-5-6-12(17)9(2)14(11)20-16(15)21/h3-7H,1-2H3,(H,19,20,21). The molecule has 0 atom stereocenters. The van der Waals surface area contributed by atoms with Gasteiger partial charge in [-0.2, -0.15) is 0 Å². The van der Waals surface area contributed by atoms with Gasteiger partial charge >= 0.3 is 0 Å². The van der Waals surface area contributed by atoms with E-state index < -0.39 is 0 Å². The Morgan fingerprint density at radius 2 is 1.81 bits per heavy atom. The van der Waals surface area contributed by atoms with E-state index in [1.807, 2.05) is 26.0 Å². The molecule has 0 radical (unpaired) electrons. The highest BCUT2D eigenvalue weighted by molar-refractivity contribution is 6.54. The van der Waals surface area contributed by atoms with Crippen LogP contribution in [0.5, 0.6) is 0 Å². The van der Waals surface area contributed by atoms with E-state index in [0.717, 1.165) is 22.4 Å². The number of rotatable bonds is 1. The minimum atomic E-state index is -0.230. The number of amides is 1. The Morgan fingerprint density at radius 1 is 1.05 bits per heavy atom. The van der Waals surface area contributed by atoms with Gasteiger partial charge in [-0.1, -0.05) is 29.3 Å². The minimum absolute atomic E-state index is 0.230. The van der Waals surface area contributed by atoms with Gasteiger partial charge in [0, 0.05) is 15.6 Å². The molecular formula is C16H12Cl2N2O. The largest absolute Gasteiger partial charge is 0.320 e. The molecule has 1 heterocycles. The van der Waals surface area contributed by atoms with Gasteiger partial charge in [0.05, 0.1) is 11.4 Å². The minimum Gasteiger partial charge on any atom is -0.320 e. The molecular weight excluding hydrogens is 307 g/mol. The van der Waals surface area contributed by atoms with E-state index in [9.17, 15) is 4.79 Å². The van der Waals surface area contributed by atoms with E-state index in [-0.39, 0.29) is 5.91 Å². The van der Waals surface area contributed by atoms with Crippen LogP contribution in [0, 0.1) is 13.8 Å². The van der Waals surface area contributed by atoms with Crippen LogP contribution in [0.25, 0.3) is 0 Å². The summed E-state index contributed by atoms with van der Waals surface area (Å²) in [5.74, 6) is -0.230. The molecule has 0 saturated carbocycles. The number of nitrogens with zero attached hydrogens (tertiary/aromatic N) is 1. The highest BCUT2D eigenvalue weighted by Gasteiger charge is 2.28. The monoisotopic (exact) mass is 318 g/mol. The van der Waals surface area contributed by atoms with Crippen molar-refractivity contribution in [2.75, 3.05) is 5.32 Å². The molecule has 21 heavy (non-hydrogen) atoms. The van der Waals surface area contributed by atoms with Crippen molar-refractivity contribution in [1.29, 1.82) is 0 Å². The van der Waals surface area contributed by atoms with E-state index in [4.69, 9.17) is 23.2 Å². The Hall–Kier alpha value is -1.84. The normalized spacial score (nSPS) is 15.2. The lowest BCUT2D eigenvalue weighted by Gasteiger charge is -2.04. The average molecular weight is 319 g/mol. The summed E-state index contributed by atoms with van der Waals surface area (Å²) >= 11 is 12.2. The summed E-state index contributed by atoms with van der Waals surface area (Å²) in [4.78, 5) is 16.6. The summed E-state index contributed by atoms with van der Waals surface area (Å²) in [6.07, 6.45) is 0. The molecule has 0 bridgehead atoms. The summed E-state index contributed by atoms with van der Waals surface area (Å²) in [5.41, 5.74) is 4.33. The average Bonchev–Trinajstić information content (AvgIpc) is 2.76. The number of carbonyl (C=O) groups excluding carboxylic acids is 1. The first-order valence-electron chi connectivity index (χ1n) is 6.43. The zero-order valence-electron chi connectivity index (χ0n) is 11.5. The predicted molar refractivity (Wildman–Crippen MR) is 87.2 cm³/mol. The molecule has 0 unspecified atom stereocenters. The Kier molecular flexibility index (Phi) is 3.47. The van der Waals surface area contributed by atoms with Crippen molar-refractivity contribution in [2.24, 2.45) is 4.99 Å². The number of halogens is 2. The maximum absolute atomic E-state index is 12.1. The number of fused-ring (bicyclic) bond motifs is 1. The van der Waals surface area contributed by atoms with Gasteiger partial charge in [0.15, 0.2) is 0 Å². The summed E-state index contributed by atoms with van der Waals surface area (Å²) in [6.45, 7) is 3.79. The zero-order chi connectivity index (χ0) is 15.1. The van der Waals surface area contributed by atoms with E-state index in [2.05, 4.69) is 10.3 Å². The fraction of sp³-hybridized carbons (Fsp3) is 0.125. The fourth-order valence-corrected chi connectivity index (χ4v) is 2.56. The van der Waals surface area contributed by atoms with Crippen LogP contribution in [0.4, 0.5) is 11.4 Å². The number of nitrogens with one attached hydrogen (secondary N) is 1. The first-order chi connectivity index (χ1) is 9.97. The summed E-state index contributed by atoms with van der Waals surface area (Å²) in [6, 6.07) is 9.04. The maximum atomic E-state index is 12.1. The van der Waals surface area contributed by atoms with E-state index in [1.165, 1.54) is 0 Å². The van der Waals surface area contributed by atoms with Gasteiger partial charge in [-0.3, -0.25) is 4.79 Å². The molecule has 0 spiro atoms. The van der Waals surface area contributed by atoms with Crippen molar-refractivity contribution in [2.45, 2.75) is 13.8 Å². The second-order valence-electron chi connectivity index (χ2n) is 4.94. The van der Waals surface area contributed by atoms with Gasteiger partial charge in [0.25, 0.3) is 5.91 Å². The van der Waals surface area contributed by atoms with E-state index in [1.54, 1.807) is 18.2 Å². The van der Waals surface area contributed by atoms with Crippen molar-refractivity contribution in [1.82, 2.24) is 0 Å². The Bertz CT molecular complexity index is 797. The molecule has 0 aliphatic carbocycles. The molecule has 1 amide bonds. The summed E-state index contributed by atoms with van der Waals surface area (Å²) in [7, 11) is 0. The molecule has 1 N–H and O–H groups in total. The van der Waals surface area contributed by atoms with Crippen LogP contribution in [-0.4, -0.2) is 11.6 Å². The van der Waals surface area contributed by atoms with Crippen LogP contribution < -0.4 is 5.32 Å². The van der Waals surface area contributed by atoms with Crippen LogP contribution in [0.2, 0.25) is 10.0 Å². The number of hydrogen-bond acceptors (Lipinski definition) is 2. The van der Waals surface area contributed by atoms with Crippen molar-refractivity contribution < 1.29 is 4.79 Å². The highest BCUT2D eigenvalue weighted by Crippen LogP contribution is 2.33. The Morgan fingerprint density at radius 3 is 2.52 bits per heavy atom. The molecule has 0 fully saturated rings. The molecule has 1 aliphatic rings. The lowest BCUT2D eigenvalue weighted by atomic mass is 10.1. The molecule has 2 aromatic rings. The third-order valence-electron chi connectivity index (χ3n) is 3.50. The SMILES string of the molecule is Cc1ccc(N=C2C(=O)Nc3c2ccc(Cl)c3C)cc1Cl. The second kappa shape index (κ2) is 5.17. The molecule has 1 aliphatic heterocycles. The third kappa shape index (κ3) is 2.43. The molecule has 3 nitrogen and oxygen atoms in total.